The van der Waals surface area contributed by atoms with Crippen LogP contribution in [0.4, 0.5) is 5.82 Å². The molecule has 0 spiro atoms. The van der Waals surface area contributed by atoms with Crippen molar-refractivity contribution in [2.75, 3.05) is 24.5 Å². The molecule has 2 heterocycles. The molecule has 0 bridgehead atoms. The standard InChI is InChI=1S/C15H26N4/c1-15(2,3)13-6-7-14(18-17-13)19-10-4-5-12(11-19)8-9-16/h6-7,12H,4-5,8-11,16H2,1-3H3. The number of nitrogens with two attached hydrogens (primary N) is 1. The van der Waals surface area contributed by atoms with Crippen LogP contribution >= 0.6 is 0 Å². The number of rotatable bonds is 3. The van der Waals surface area contributed by atoms with E-state index < -0.39 is 0 Å². The lowest BCUT2D eigenvalue weighted by molar-refractivity contribution is 0.393. The van der Waals surface area contributed by atoms with E-state index in [9.17, 15) is 0 Å². The van der Waals surface area contributed by atoms with Crippen LogP contribution in [0.15, 0.2) is 12.1 Å². The maximum absolute atomic E-state index is 5.66. The van der Waals surface area contributed by atoms with Crippen molar-refractivity contribution in [3.63, 3.8) is 0 Å². The highest BCUT2D eigenvalue weighted by Gasteiger charge is 2.21. The topological polar surface area (TPSA) is 55.0 Å². The summed E-state index contributed by atoms with van der Waals surface area (Å²) in [5, 5.41) is 8.79. The second-order valence-electron chi connectivity index (χ2n) is 6.56. The van der Waals surface area contributed by atoms with Crippen LogP contribution in [-0.2, 0) is 5.41 Å². The first-order chi connectivity index (χ1) is 9.00. The lowest BCUT2D eigenvalue weighted by Crippen LogP contribution is -2.37. The Hall–Kier alpha value is -1.16. The second kappa shape index (κ2) is 5.87. The molecule has 1 aliphatic rings. The van der Waals surface area contributed by atoms with Crippen LogP contribution in [0.1, 0.15) is 45.7 Å². The van der Waals surface area contributed by atoms with E-state index in [4.69, 9.17) is 5.73 Å². The van der Waals surface area contributed by atoms with Crippen LogP contribution in [0.5, 0.6) is 0 Å². The van der Waals surface area contributed by atoms with Gasteiger partial charge >= 0.3 is 0 Å². The van der Waals surface area contributed by atoms with Gasteiger partial charge in [0.2, 0.25) is 0 Å². The molecule has 0 aromatic carbocycles. The van der Waals surface area contributed by atoms with Crippen LogP contribution in [0.25, 0.3) is 0 Å². The fraction of sp³-hybridized carbons (Fsp3) is 0.733. The van der Waals surface area contributed by atoms with Gasteiger partial charge in [0.1, 0.15) is 0 Å². The van der Waals surface area contributed by atoms with Crippen molar-refractivity contribution in [1.82, 2.24) is 10.2 Å². The minimum absolute atomic E-state index is 0.0650. The molecule has 1 unspecified atom stereocenters. The second-order valence-corrected chi connectivity index (χ2v) is 6.56. The van der Waals surface area contributed by atoms with Crippen molar-refractivity contribution in [3.05, 3.63) is 17.8 Å². The average molecular weight is 262 g/mol. The van der Waals surface area contributed by atoms with E-state index in [0.29, 0.717) is 5.92 Å². The van der Waals surface area contributed by atoms with Gasteiger partial charge in [-0.2, -0.15) is 5.10 Å². The third-order valence-corrected chi connectivity index (χ3v) is 3.84. The molecule has 19 heavy (non-hydrogen) atoms. The quantitative estimate of drug-likeness (QED) is 0.908. The third-order valence-electron chi connectivity index (χ3n) is 3.84. The Morgan fingerprint density at radius 2 is 2.11 bits per heavy atom. The molecule has 1 aromatic heterocycles. The molecular weight excluding hydrogens is 236 g/mol. The van der Waals surface area contributed by atoms with E-state index >= 15 is 0 Å². The minimum Gasteiger partial charge on any atom is -0.355 e. The van der Waals surface area contributed by atoms with Crippen LogP contribution in [-0.4, -0.2) is 29.8 Å². The molecule has 0 radical (unpaired) electrons. The van der Waals surface area contributed by atoms with Crippen molar-refractivity contribution < 1.29 is 0 Å². The molecule has 1 fully saturated rings. The summed E-state index contributed by atoms with van der Waals surface area (Å²) in [4.78, 5) is 2.35. The van der Waals surface area contributed by atoms with Crippen LogP contribution in [0.3, 0.4) is 0 Å². The zero-order valence-electron chi connectivity index (χ0n) is 12.4. The average Bonchev–Trinajstić information content (AvgIpc) is 2.39. The zero-order chi connectivity index (χ0) is 13.9. The fourth-order valence-electron chi connectivity index (χ4n) is 2.64. The monoisotopic (exact) mass is 262 g/mol. The Morgan fingerprint density at radius 1 is 1.32 bits per heavy atom. The lowest BCUT2D eigenvalue weighted by atomic mass is 9.92. The number of hydrogen-bond acceptors (Lipinski definition) is 4. The van der Waals surface area contributed by atoms with Crippen LogP contribution < -0.4 is 10.6 Å². The van der Waals surface area contributed by atoms with Crippen LogP contribution in [0, 0.1) is 5.92 Å². The Kier molecular flexibility index (Phi) is 4.40. The van der Waals surface area contributed by atoms with Gasteiger partial charge in [-0.15, -0.1) is 5.10 Å². The summed E-state index contributed by atoms with van der Waals surface area (Å²) in [5.74, 6) is 1.72. The SMILES string of the molecule is CC(C)(C)c1ccc(N2CCCC(CCN)C2)nn1. The van der Waals surface area contributed by atoms with Crippen LogP contribution in [0.2, 0.25) is 0 Å². The summed E-state index contributed by atoms with van der Waals surface area (Å²) in [6.45, 7) is 9.43. The number of piperidine rings is 1. The van der Waals surface area contributed by atoms with Gasteiger partial charge in [-0.1, -0.05) is 20.8 Å². The number of anilines is 1. The molecule has 1 atom stereocenters. The molecular formula is C15H26N4. The highest BCUT2D eigenvalue weighted by Crippen LogP contribution is 2.25. The van der Waals surface area contributed by atoms with Gasteiger partial charge in [-0.05, 0) is 43.9 Å². The van der Waals surface area contributed by atoms with Crippen molar-refractivity contribution in [2.45, 2.75) is 45.4 Å². The summed E-state index contributed by atoms with van der Waals surface area (Å²) in [7, 11) is 0. The highest BCUT2D eigenvalue weighted by atomic mass is 15.3. The van der Waals surface area contributed by atoms with Gasteiger partial charge < -0.3 is 10.6 Å². The summed E-state index contributed by atoms with van der Waals surface area (Å²) < 4.78 is 0. The molecule has 1 saturated heterocycles. The lowest BCUT2D eigenvalue weighted by Gasteiger charge is -2.33. The molecule has 1 aliphatic heterocycles. The highest BCUT2D eigenvalue weighted by molar-refractivity contribution is 5.38. The molecule has 2 rings (SSSR count). The van der Waals surface area contributed by atoms with Gasteiger partial charge in [-0.25, -0.2) is 0 Å². The van der Waals surface area contributed by atoms with E-state index in [0.717, 1.165) is 37.6 Å². The molecule has 4 heteroatoms. The van der Waals surface area contributed by atoms with Gasteiger partial charge in [0.15, 0.2) is 5.82 Å². The van der Waals surface area contributed by atoms with Gasteiger partial charge in [0.25, 0.3) is 0 Å². The third kappa shape index (κ3) is 3.66. The summed E-state index contributed by atoms with van der Waals surface area (Å²) >= 11 is 0. The van der Waals surface area contributed by atoms with E-state index in [1.54, 1.807) is 0 Å². The maximum atomic E-state index is 5.66. The Balaban J connectivity index is 2.05. The van der Waals surface area contributed by atoms with Crippen molar-refractivity contribution in [3.8, 4) is 0 Å². The maximum Gasteiger partial charge on any atom is 0.151 e. The van der Waals surface area contributed by atoms with E-state index in [1.807, 2.05) is 0 Å². The first-order valence-corrected chi connectivity index (χ1v) is 7.30. The molecule has 106 valence electrons. The normalized spacial score (nSPS) is 20.6. The molecule has 0 aliphatic carbocycles. The number of aromatic nitrogens is 2. The predicted octanol–water partition coefficient (Wildman–Crippen LogP) is 2.34. The molecule has 0 amide bonds. The van der Waals surface area contributed by atoms with Gasteiger partial charge in [0, 0.05) is 18.5 Å². The zero-order valence-corrected chi connectivity index (χ0v) is 12.4. The summed E-state index contributed by atoms with van der Waals surface area (Å²) in [5.41, 5.74) is 6.78. The molecule has 0 saturated carbocycles. The Labute approximate surface area is 116 Å². The molecule has 2 N–H and O–H groups in total. The smallest absolute Gasteiger partial charge is 0.151 e. The first kappa shape index (κ1) is 14.3. The van der Waals surface area contributed by atoms with Crippen molar-refractivity contribution in [2.24, 2.45) is 11.7 Å². The summed E-state index contributed by atoms with van der Waals surface area (Å²) in [6, 6.07) is 4.22. The van der Waals surface area contributed by atoms with Gasteiger partial charge in [-0.3, -0.25) is 0 Å². The number of nitrogens with zero attached hydrogens (tertiary/aromatic N) is 3. The fourth-order valence-corrected chi connectivity index (χ4v) is 2.64. The predicted molar refractivity (Wildman–Crippen MR) is 79.3 cm³/mol. The van der Waals surface area contributed by atoms with Gasteiger partial charge in [0.05, 0.1) is 5.69 Å². The molecule has 1 aromatic rings. The van der Waals surface area contributed by atoms with Crippen molar-refractivity contribution >= 4 is 5.82 Å². The molecule has 4 nitrogen and oxygen atoms in total. The first-order valence-electron chi connectivity index (χ1n) is 7.30. The number of hydrogen-bond donors (Lipinski definition) is 1. The Morgan fingerprint density at radius 3 is 2.68 bits per heavy atom. The largest absolute Gasteiger partial charge is 0.355 e. The Bertz CT molecular complexity index is 392. The van der Waals surface area contributed by atoms with Crippen molar-refractivity contribution in [1.29, 1.82) is 0 Å². The summed E-state index contributed by atoms with van der Waals surface area (Å²) in [6.07, 6.45) is 3.64. The minimum atomic E-state index is 0.0650. The van der Waals surface area contributed by atoms with E-state index in [2.05, 4.69) is 48.0 Å². The van der Waals surface area contributed by atoms with E-state index in [-0.39, 0.29) is 5.41 Å². The van der Waals surface area contributed by atoms with E-state index in [1.165, 1.54) is 12.8 Å².